The van der Waals surface area contributed by atoms with Crippen LogP contribution in [-0.4, -0.2) is 27.1 Å². The molecule has 2 heterocycles. The second-order valence-corrected chi connectivity index (χ2v) is 5.42. The standard InChI is InChI=1S/C17H15FN3/c18-13-6-4-12(5-7-13)17-20-15-2-1-3-16(15)21(17)14-8-10-19-11-9-14/h4-11,16H,1-3H2/q+1. The lowest BCUT2D eigenvalue weighted by Gasteiger charge is -2.09. The molecule has 0 radical (unpaired) electrons. The van der Waals surface area contributed by atoms with Crippen LogP contribution in [0.5, 0.6) is 0 Å². The Labute approximate surface area is 122 Å². The third-order valence-corrected chi connectivity index (χ3v) is 4.13. The Kier molecular flexibility index (Phi) is 2.88. The first-order chi connectivity index (χ1) is 10.3. The summed E-state index contributed by atoms with van der Waals surface area (Å²) in [5.41, 5.74) is 3.29. The molecule has 1 aromatic carbocycles. The van der Waals surface area contributed by atoms with E-state index in [4.69, 9.17) is 4.99 Å². The van der Waals surface area contributed by atoms with Crippen LogP contribution in [0.2, 0.25) is 0 Å². The molecule has 0 amide bonds. The number of rotatable bonds is 2. The van der Waals surface area contributed by atoms with Gasteiger partial charge in [-0.2, -0.15) is 0 Å². The number of aliphatic imine (C=N–C) groups is 1. The lowest BCUT2D eigenvalue weighted by molar-refractivity contribution is -0.459. The molecule has 2 aromatic rings. The smallest absolute Gasteiger partial charge is 0.264 e. The van der Waals surface area contributed by atoms with Crippen molar-refractivity contribution in [3.63, 3.8) is 0 Å². The number of aromatic nitrogens is 1. The Hall–Kier alpha value is -2.36. The predicted octanol–water partition coefficient (Wildman–Crippen LogP) is 3.32. The highest BCUT2D eigenvalue weighted by Crippen LogP contribution is 2.30. The van der Waals surface area contributed by atoms with Gasteiger partial charge in [0.15, 0.2) is 11.8 Å². The predicted molar refractivity (Wildman–Crippen MR) is 79.7 cm³/mol. The second-order valence-electron chi connectivity index (χ2n) is 5.42. The third-order valence-electron chi connectivity index (χ3n) is 4.13. The van der Waals surface area contributed by atoms with E-state index in [2.05, 4.69) is 9.56 Å². The van der Waals surface area contributed by atoms with Gasteiger partial charge in [0, 0.05) is 30.9 Å². The first-order valence-corrected chi connectivity index (χ1v) is 7.22. The number of amidine groups is 1. The van der Waals surface area contributed by atoms with Gasteiger partial charge in [-0.15, -0.1) is 0 Å². The minimum atomic E-state index is -0.222. The highest BCUT2D eigenvalue weighted by Gasteiger charge is 2.42. The van der Waals surface area contributed by atoms with Crippen molar-refractivity contribution < 1.29 is 8.97 Å². The van der Waals surface area contributed by atoms with Crippen LogP contribution in [0.4, 0.5) is 10.1 Å². The van der Waals surface area contributed by atoms with E-state index in [1.54, 1.807) is 24.5 Å². The molecular formula is C17H15FN3+. The third kappa shape index (κ3) is 2.07. The summed E-state index contributed by atoms with van der Waals surface area (Å²) in [5, 5.41) is 0. The first-order valence-electron chi connectivity index (χ1n) is 7.22. The molecular weight excluding hydrogens is 265 g/mol. The molecule has 0 saturated heterocycles. The topological polar surface area (TPSA) is 28.3 Å². The largest absolute Gasteiger partial charge is 0.331 e. The van der Waals surface area contributed by atoms with Crippen molar-refractivity contribution in [2.45, 2.75) is 25.3 Å². The zero-order valence-electron chi connectivity index (χ0n) is 11.5. The molecule has 0 spiro atoms. The Morgan fingerprint density at radius 2 is 1.81 bits per heavy atom. The maximum atomic E-state index is 13.2. The van der Waals surface area contributed by atoms with E-state index < -0.39 is 0 Å². The van der Waals surface area contributed by atoms with Crippen LogP contribution < -0.4 is 0 Å². The fourth-order valence-electron chi connectivity index (χ4n) is 3.17. The number of pyridine rings is 1. The van der Waals surface area contributed by atoms with Crippen LogP contribution in [0.3, 0.4) is 0 Å². The molecule has 1 aliphatic heterocycles. The average molecular weight is 280 g/mol. The summed E-state index contributed by atoms with van der Waals surface area (Å²) < 4.78 is 15.4. The molecule has 4 rings (SSSR count). The van der Waals surface area contributed by atoms with Crippen LogP contribution >= 0.6 is 0 Å². The minimum absolute atomic E-state index is 0.222. The van der Waals surface area contributed by atoms with E-state index in [0.717, 1.165) is 29.9 Å². The van der Waals surface area contributed by atoms with Crippen molar-refractivity contribution >= 4 is 17.2 Å². The molecule has 1 atom stereocenters. The molecule has 0 N–H and O–H groups in total. The highest BCUT2D eigenvalue weighted by molar-refractivity contribution is 6.10. The lowest BCUT2D eigenvalue weighted by atomic mass is 10.2. The van der Waals surface area contributed by atoms with Gasteiger partial charge in [0.2, 0.25) is 0 Å². The number of halogens is 1. The molecule has 1 unspecified atom stereocenters. The molecule has 1 fully saturated rings. The van der Waals surface area contributed by atoms with Gasteiger partial charge in [-0.25, -0.2) is 8.97 Å². The summed E-state index contributed by atoms with van der Waals surface area (Å²) in [7, 11) is 0. The van der Waals surface area contributed by atoms with E-state index in [1.165, 1.54) is 24.3 Å². The van der Waals surface area contributed by atoms with Crippen molar-refractivity contribution in [3.05, 3.63) is 60.2 Å². The summed E-state index contributed by atoms with van der Waals surface area (Å²) in [4.78, 5) is 8.91. The first kappa shape index (κ1) is 12.4. The van der Waals surface area contributed by atoms with Crippen LogP contribution in [0, 0.1) is 5.82 Å². The molecule has 4 heteroatoms. The van der Waals surface area contributed by atoms with Gasteiger partial charge in [0.05, 0.1) is 5.56 Å². The Morgan fingerprint density at radius 1 is 1.05 bits per heavy atom. The highest BCUT2D eigenvalue weighted by atomic mass is 19.1. The number of benzene rings is 1. The fourth-order valence-corrected chi connectivity index (χ4v) is 3.17. The number of hydrogen-bond donors (Lipinski definition) is 0. The van der Waals surface area contributed by atoms with Crippen molar-refractivity contribution in [3.8, 4) is 0 Å². The molecule has 0 bridgehead atoms. The quantitative estimate of drug-likeness (QED) is 0.776. The number of hydrogen-bond acceptors (Lipinski definition) is 2. The normalized spacial score (nSPS) is 20.6. The Balaban J connectivity index is 1.88. The molecule has 2 aliphatic rings. The van der Waals surface area contributed by atoms with Crippen LogP contribution in [0.1, 0.15) is 24.8 Å². The van der Waals surface area contributed by atoms with E-state index in [9.17, 15) is 4.39 Å². The molecule has 104 valence electrons. The van der Waals surface area contributed by atoms with Crippen LogP contribution in [0.15, 0.2) is 53.8 Å². The van der Waals surface area contributed by atoms with Gasteiger partial charge in [0.1, 0.15) is 11.5 Å². The SMILES string of the molecule is Fc1ccc(C2=[N+](c3ccncc3)C3CCCC3=N2)cc1. The second kappa shape index (κ2) is 4.88. The van der Waals surface area contributed by atoms with E-state index in [-0.39, 0.29) is 5.82 Å². The van der Waals surface area contributed by atoms with Gasteiger partial charge >= 0.3 is 5.84 Å². The molecule has 21 heavy (non-hydrogen) atoms. The molecule has 1 aliphatic carbocycles. The Morgan fingerprint density at radius 3 is 2.57 bits per heavy atom. The van der Waals surface area contributed by atoms with Crippen LogP contribution in [-0.2, 0) is 0 Å². The van der Waals surface area contributed by atoms with Gasteiger partial charge in [-0.1, -0.05) is 0 Å². The monoisotopic (exact) mass is 280 g/mol. The van der Waals surface area contributed by atoms with Crippen molar-refractivity contribution in [2.75, 3.05) is 0 Å². The van der Waals surface area contributed by atoms with Crippen molar-refractivity contribution in [1.29, 1.82) is 0 Å². The number of fused-ring (bicyclic) bond motifs is 1. The molecule has 1 saturated carbocycles. The van der Waals surface area contributed by atoms with E-state index in [1.807, 2.05) is 12.1 Å². The van der Waals surface area contributed by atoms with Crippen molar-refractivity contribution in [1.82, 2.24) is 4.98 Å². The average Bonchev–Trinajstić information content (AvgIpc) is 3.09. The van der Waals surface area contributed by atoms with E-state index >= 15 is 0 Å². The summed E-state index contributed by atoms with van der Waals surface area (Å²) in [6.45, 7) is 0. The van der Waals surface area contributed by atoms with Crippen molar-refractivity contribution in [2.24, 2.45) is 4.99 Å². The molecule has 1 aromatic heterocycles. The minimum Gasteiger partial charge on any atom is -0.264 e. The maximum Gasteiger partial charge on any atom is 0.331 e. The summed E-state index contributed by atoms with van der Waals surface area (Å²) >= 11 is 0. The molecule has 3 nitrogen and oxygen atoms in total. The zero-order chi connectivity index (χ0) is 14.2. The van der Waals surface area contributed by atoms with Gasteiger partial charge in [-0.05, 0) is 42.1 Å². The summed E-state index contributed by atoms with van der Waals surface area (Å²) in [6, 6.07) is 10.9. The Bertz CT molecular complexity index is 732. The van der Waals surface area contributed by atoms with Crippen LogP contribution in [0.25, 0.3) is 0 Å². The lowest BCUT2D eigenvalue weighted by Crippen LogP contribution is -2.24. The van der Waals surface area contributed by atoms with Gasteiger partial charge < -0.3 is 0 Å². The van der Waals surface area contributed by atoms with E-state index in [0.29, 0.717) is 6.04 Å². The summed E-state index contributed by atoms with van der Waals surface area (Å²) in [5.74, 6) is 0.696. The van der Waals surface area contributed by atoms with Gasteiger partial charge in [0.25, 0.3) is 0 Å². The zero-order valence-corrected chi connectivity index (χ0v) is 11.5. The maximum absolute atomic E-state index is 13.2. The van der Waals surface area contributed by atoms with Gasteiger partial charge in [-0.3, -0.25) is 4.98 Å². The summed E-state index contributed by atoms with van der Waals surface area (Å²) in [6.07, 6.45) is 6.94. The number of nitrogens with zero attached hydrogens (tertiary/aromatic N) is 3. The fraction of sp³-hybridized carbons (Fsp3) is 0.235.